The fourth-order valence-electron chi connectivity index (χ4n) is 2.84. The quantitative estimate of drug-likeness (QED) is 0.893. The van der Waals surface area contributed by atoms with Crippen molar-refractivity contribution in [2.45, 2.75) is 52.4 Å². The minimum absolute atomic E-state index is 0.0645. The van der Waals surface area contributed by atoms with Gasteiger partial charge in [0.15, 0.2) is 5.69 Å². The number of aromatic nitrogens is 2. The molecule has 1 aliphatic rings. The number of hydrogen-bond donors (Lipinski definition) is 1. The van der Waals surface area contributed by atoms with E-state index in [0.29, 0.717) is 12.2 Å². The number of alkyl halides is 3. The van der Waals surface area contributed by atoms with E-state index < -0.39 is 17.8 Å². The number of nitrogens with zero attached hydrogens (tertiary/aromatic N) is 3. The molecule has 1 aromatic heterocycles. The van der Waals surface area contributed by atoms with Crippen molar-refractivity contribution in [1.29, 1.82) is 0 Å². The number of carbonyl (C=O) groups excluding carboxylic acids is 2. The van der Waals surface area contributed by atoms with Gasteiger partial charge in [0.1, 0.15) is 0 Å². The molecule has 25 heavy (non-hydrogen) atoms. The van der Waals surface area contributed by atoms with Gasteiger partial charge in [0.05, 0.1) is 12.5 Å². The smallest absolute Gasteiger partial charge is 0.354 e. The number of aryl methyl sites for hydroxylation is 1. The second-order valence-corrected chi connectivity index (χ2v) is 7.26. The summed E-state index contributed by atoms with van der Waals surface area (Å²) in [5.41, 5.74) is -0.915. The Hall–Kier alpha value is -2.06. The summed E-state index contributed by atoms with van der Waals surface area (Å²) in [5, 5.41) is 6.19. The number of halogens is 3. The molecule has 0 aliphatic carbocycles. The molecule has 1 N–H and O–H groups in total. The number of likely N-dealkylation sites (tertiary alicyclic amines) is 1. The van der Waals surface area contributed by atoms with Crippen molar-refractivity contribution >= 4 is 11.8 Å². The molecule has 140 valence electrons. The van der Waals surface area contributed by atoms with Crippen LogP contribution in [0.15, 0.2) is 6.07 Å². The van der Waals surface area contributed by atoms with E-state index in [1.54, 1.807) is 4.90 Å². The van der Waals surface area contributed by atoms with E-state index in [1.165, 1.54) is 11.6 Å². The number of amides is 2. The van der Waals surface area contributed by atoms with E-state index >= 15 is 0 Å². The molecule has 1 saturated heterocycles. The van der Waals surface area contributed by atoms with Gasteiger partial charge in [0.2, 0.25) is 11.8 Å². The van der Waals surface area contributed by atoms with Crippen LogP contribution in [-0.4, -0.2) is 45.1 Å². The highest BCUT2D eigenvalue weighted by molar-refractivity contribution is 5.89. The maximum absolute atomic E-state index is 12.6. The molecule has 0 radical (unpaired) electrons. The van der Waals surface area contributed by atoms with E-state index in [0.717, 1.165) is 6.07 Å². The molecule has 0 saturated carbocycles. The molecule has 1 atom stereocenters. The predicted molar refractivity (Wildman–Crippen MR) is 84.5 cm³/mol. The molecular formula is C16H23F3N4O2. The van der Waals surface area contributed by atoms with Gasteiger partial charge >= 0.3 is 6.18 Å². The van der Waals surface area contributed by atoms with Crippen LogP contribution in [0.2, 0.25) is 0 Å². The molecule has 1 fully saturated rings. The van der Waals surface area contributed by atoms with Crippen LogP contribution in [0.3, 0.4) is 0 Å². The molecule has 2 heterocycles. The summed E-state index contributed by atoms with van der Waals surface area (Å²) in [6, 6.07) is 0.971. The first-order valence-corrected chi connectivity index (χ1v) is 8.09. The van der Waals surface area contributed by atoms with Crippen LogP contribution >= 0.6 is 0 Å². The number of rotatable bonds is 4. The zero-order valence-corrected chi connectivity index (χ0v) is 14.8. The monoisotopic (exact) mass is 360 g/mol. The average Bonchev–Trinajstić information content (AvgIpc) is 3.02. The van der Waals surface area contributed by atoms with Crippen LogP contribution in [0, 0.1) is 12.8 Å². The third-order valence-corrected chi connectivity index (χ3v) is 4.20. The Morgan fingerprint density at radius 2 is 2.00 bits per heavy atom. The summed E-state index contributed by atoms with van der Waals surface area (Å²) >= 11 is 0. The standard InChI is InChI=1S/C16H23F3N4O2/c1-10-7-12(16(17,18)19)21-23(10)6-5-20-14(25)11-8-13(24)22(9-11)15(2,3)4/h7,11H,5-6,8-9H2,1-4H3,(H,20,25). The number of carbonyl (C=O) groups is 2. The van der Waals surface area contributed by atoms with Gasteiger partial charge in [0, 0.05) is 30.7 Å². The van der Waals surface area contributed by atoms with E-state index in [9.17, 15) is 22.8 Å². The van der Waals surface area contributed by atoms with E-state index in [2.05, 4.69) is 10.4 Å². The van der Waals surface area contributed by atoms with Crippen LogP contribution < -0.4 is 5.32 Å². The minimum Gasteiger partial charge on any atom is -0.354 e. The maximum Gasteiger partial charge on any atom is 0.435 e. The minimum atomic E-state index is -4.49. The average molecular weight is 360 g/mol. The number of hydrogen-bond acceptors (Lipinski definition) is 3. The highest BCUT2D eigenvalue weighted by atomic mass is 19.4. The highest BCUT2D eigenvalue weighted by Gasteiger charge is 2.39. The Kier molecular flexibility index (Phi) is 5.15. The summed E-state index contributed by atoms with van der Waals surface area (Å²) in [4.78, 5) is 25.9. The molecule has 1 aliphatic heterocycles. The molecule has 6 nitrogen and oxygen atoms in total. The first-order chi connectivity index (χ1) is 11.4. The second-order valence-electron chi connectivity index (χ2n) is 7.26. The van der Waals surface area contributed by atoms with Gasteiger partial charge in [-0.25, -0.2) is 0 Å². The number of nitrogens with one attached hydrogen (secondary N) is 1. The Bertz CT molecular complexity index is 661. The molecular weight excluding hydrogens is 337 g/mol. The lowest BCUT2D eigenvalue weighted by Crippen LogP contribution is -2.43. The summed E-state index contributed by atoms with van der Waals surface area (Å²) in [6.45, 7) is 7.89. The van der Waals surface area contributed by atoms with Crippen LogP contribution in [0.4, 0.5) is 13.2 Å². The van der Waals surface area contributed by atoms with Crippen LogP contribution in [0.5, 0.6) is 0 Å². The summed E-state index contributed by atoms with van der Waals surface area (Å²) in [5.74, 6) is -0.762. The first-order valence-electron chi connectivity index (χ1n) is 8.09. The topological polar surface area (TPSA) is 67.2 Å². The molecule has 2 amide bonds. The Labute approximate surface area is 144 Å². The van der Waals surface area contributed by atoms with Crippen molar-refractivity contribution in [2.24, 2.45) is 5.92 Å². The summed E-state index contributed by atoms with van der Waals surface area (Å²) in [6.07, 6.45) is -4.33. The molecule has 1 aromatic rings. The largest absolute Gasteiger partial charge is 0.435 e. The predicted octanol–water partition coefficient (Wildman–Crippen LogP) is 1.97. The zero-order valence-electron chi connectivity index (χ0n) is 14.8. The van der Waals surface area contributed by atoms with Gasteiger partial charge in [-0.05, 0) is 33.8 Å². The summed E-state index contributed by atoms with van der Waals surface area (Å²) in [7, 11) is 0. The molecule has 0 aromatic carbocycles. The molecule has 9 heteroatoms. The molecule has 0 bridgehead atoms. The highest BCUT2D eigenvalue weighted by Crippen LogP contribution is 2.28. The fourth-order valence-corrected chi connectivity index (χ4v) is 2.84. The van der Waals surface area contributed by atoms with Gasteiger partial charge in [-0.2, -0.15) is 18.3 Å². The van der Waals surface area contributed by atoms with E-state index in [-0.39, 0.29) is 36.9 Å². The van der Waals surface area contributed by atoms with E-state index in [1.807, 2.05) is 20.8 Å². The van der Waals surface area contributed by atoms with Gasteiger partial charge in [-0.15, -0.1) is 0 Å². The summed E-state index contributed by atoms with van der Waals surface area (Å²) < 4.78 is 39.1. The zero-order chi connectivity index (χ0) is 19.0. The van der Waals surface area contributed by atoms with Gasteiger partial charge < -0.3 is 10.2 Å². The van der Waals surface area contributed by atoms with Crippen molar-refractivity contribution in [3.8, 4) is 0 Å². The Morgan fingerprint density at radius 3 is 2.48 bits per heavy atom. The van der Waals surface area contributed by atoms with Crippen molar-refractivity contribution in [2.75, 3.05) is 13.1 Å². The SMILES string of the molecule is Cc1cc(C(F)(F)F)nn1CCNC(=O)C1CC(=O)N(C(C)(C)C)C1. The lowest BCUT2D eigenvalue weighted by atomic mass is 10.1. The Morgan fingerprint density at radius 1 is 1.36 bits per heavy atom. The van der Waals surface area contributed by atoms with Gasteiger partial charge in [-0.3, -0.25) is 14.3 Å². The van der Waals surface area contributed by atoms with Gasteiger partial charge in [-0.1, -0.05) is 0 Å². The van der Waals surface area contributed by atoms with Crippen molar-refractivity contribution in [3.05, 3.63) is 17.5 Å². The van der Waals surface area contributed by atoms with Crippen molar-refractivity contribution < 1.29 is 22.8 Å². The molecule has 0 spiro atoms. The fraction of sp³-hybridized carbons (Fsp3) is 0.688. The van der Waals surface area contributed by atoms with E-state index in [4.69, 9.17) is 0 Å². The van der Waals surface area contributed by atoms with Crippen molar-refractivity contribution in [3.63, 3.8) is 0 Å². The third kappa shape index (κ3) is 4.52. The maximum atomic E-state index is 12.6. The van der Waals surface area contributed by atoms with Crippen LogP contribution in [0.1, 0.15) is 38.6 Å². The molecule has 2 rings (SSSR count). The van der Waals surface area contributed by atoms with Gasteiger partial charge in [0.25, 0.3) is 0 Å². The third-order valence-electron chi connectivity index (χ3n) is 4.20. The molecule has 1 unspecified atom stereocenters. The lowest BCUT2D eigenvalue weighted by Gasteiger charge is -2.31. The Balaban J connectivity index is 1.88. The first kappa shape index (κ1) is 19.3. The van der Waals surface area contributed by atoms with Crippen LogP contribution in [-0.2, 0) is 22.3 Å². The normalized spacial score (nSPS) is 18.8. The second kappa shape index (κ2) is 6.68. The van der Waals surface area contributed by atoms with Crippen molar-refractivity contribution in [1.82, 2.24) is 20.0 Å². The lowest BCUT2D eigenvalue weighted by molar-refractivity contribution is -0.141. The van der Waals surface area contributed by atoms with Crippen LogP contribution in [0.25, 0.3) is 0 Å².